The molecule has 1 amide bonds. The maximum Gasteiger partial charge on any atom is 0.387 e. The number of nitrogens with one attached hydrogen (secondary N) is 1. The Hall–Kier alpha value is -3.76. The minimum absolute atomic E-state index is 0.0197. The number of ether oxygens (including phenoxy) is 3. The van der Waals surface area contributed by atoms with Crippen LogP contribution < -0.4 is 19.5 Å². The molecule has 11 heteroatoms. The van der Waals surface area contributed by atoms with Gasteiger partial charge in [-0.05, 0) is 43.7 Å². The summed E-state index contributed by atoms with van der Waals surface area (Å²) >= 11 is 0. The molecule has 1 aliphatic carbocycles. The summed E-state index contributed by atoms with van der Waals surface area (Å²) in [5.41, 5.74) is 0.246. The molecule has 2 atom stereocenters. The molecule has 34 heavy (non-hydrogen) atoms. The van der Waals surface area contributed by atoms with Gasteiger partial charge in [-0.1, -0.05) is 0 Å². The molecule has 4 rings (SSSR count). The Bertz CT molecular complexity index is 1240. The second-order valence-corrected chi connectivity index (χ2v) is 8.34. The maximum atomic E-state index is 13.2. The molecule has 0 aliphatic heterocycles. The van der Waals surface area contributed by atoms with Crippen LogP contribution in [0.3, 0.4) is 0 Å². The highest BCUT2D eigenvalue weighted by atomic mass is 19.3. The van der Waals surface area contributed by atoms with E-state index >= 15 is 0 Å². The molecular weight excluding hydrogens is 455 g/mol. The van der Waals surface area contributed by atoms with Crippen molar-refractivity contribution in [2.45, 2.75) is 44.7 Å². The molecule has 1 aromatic carbocycles. The molecule has 1 fully saturated rings. The summed E-state index contributed by atoms with van der Waals surface area (Å²) in [4.78, 5) is 23.8. The minimum Gasteiger partial charge on any atom is -0.496 e. The number of hydrogen-bond acceptors (Lipinski definition) is 6. The lowest BCUT2D eigenvalue weighted by molar-refractivity contribution is -0.119. The molecular formula is C23H22F3N3O5. The third kappa shape index (κ3) is 4.78. The molecule has 0 radical (unpaired) electrons. The number of carbonyl (C=O) groups is 2. The molecule has 2 aromatic heterocycles. The zero-order valence-electron chi connectivity index (χ0n) is 18.6. The Kier molecular flexibility index (Phi) is 6.11. The van der Waals surface area contributed by atoms with Crippen molar-refractivity contribution in [2.75, 3.05) is 7.11 Å². The van der Waals surface area contributed by atoms with Gasteiger partial charge in [-0.25, -0.2) is 8.91 Å². The first-order chi connectivity index (χ1) is 16.1. The van der Waals surface area contributed by atoms with Gasteiger partial charge in [0.05, 0.1) is 31.1 Å². The van der Waals surface area contributed by atoms with E-state index in [4.69, 9.17) is 9.47 Å². The molecule has 3 aromatic rings. The third-order valence-corrected chi connectivity index (χ3v) is 5.22. The number of benzene rings is 1. The van der Waals surface area contributed by atoms with E-state index in [1.807, 2.05) is 0 Å². The number of aromatic nitrogens is 2. The fourth-order valence-electron chi connectivity index (χ4n) is 3.45. The normalized spacial score (nSPS) is 17.5. The van der Waals surface area contributed by atoms with E-state index in [0.717, 1.165) is 0 Å². The van der Waals surface area contributed by atoms with Gasteiger partial charge in [0.25, 0.3) is 5.91 Å². The SMILES string of the molecule is COc1cc(-c2cnn3cc(OC(C)(C)C=O)ccc23)cc(OC(F)F)c1C(=O)N[C@@H]1C[C@@H]1F. The Balaban J connectivity index is 1.75. The molecule has 1 saturated carbocycles. The van der Waals surface area contributed by atoms with Crippen LogP contribution in [0.1, 0.15) is 30.6 Å². The summed E-state index contributed by atoms with van der Waals surface area (Å²) in [5.74, 6) is -0.806. The summed E-state index contributed by atoms with van der Waals surface area (Å²) in [6.45, 7) is 0.0279. The summed E-state index contributed by atoms with van der Waals surface area (Å²) in [6, 6.07) is 5.43. The predicted octanol–water partition coefficient (Wildman–Crippen LogP) is 3.81. The van der Waals surface area contributed by atoms with E-state index in [0.29, 0.717) is 28.7 Å². The molecule has 0 unspecified atom stereocenters. The van der Waals surface area contributed by atoms with Gasteiger partial charge in [-0.15, -0.1) is 0 Å². The van der Waals surface area contributed by atoms with Gasteiger partial charge in [0, 0.05) is 12.0 Å². The smallest absolute Gasteiger partial charge is 0.387 e. The van der Waals surface area contributed by atoms with E-state index in [-0.39, 0.29) is 17.7 Å². The van der Waals surface area contributed by atoms with Crippen molar-refractivity contribution in [2.24, 2.45) is 0 Å². The molecule has 180 valence electrons. The highest BCUT2D eigenvalue weighted by Gasteiger charge is 2.40. The van der Waals surface area contributed by atoms with E-state index in [1.165, 1.54) is 30.0 Å². The fourth-order valence-corrected chi connectivity index (χ4v) is 3.45. The number of halogens is 3. The first-order valence-electron chi connectivity index (χ1n) is 10.4. The van der Waals surface area contributed by atoms with Gasteiger partial charge in [0.2, 0.25) is 0 Å². The van der Waals surface area contributed by atoms with Gasteiger partial charge >= 0.3 is 6.61 Å². The molecule has 0 bridgehead atoms. The zero-order chi connectivity index (χ0) is 24.6. The maximum absolute atomic E-state index is 13.2. The number of aldehydes is 1. The Labute approximate surface area is 192 Å². The number of hydrogen-bond donors (Lipinski definition) is 1. The van der Waals surface area contributed by atoms with E-state index in [9.17, 15) is 22.8 Å². The highest BCUT2D eigenvalue weighted by Crippen LogP contribution is 2.38. The topological polar surface area (TPSA) is 91.2 Å². The molecule has 8 nitrogen and oxygen atoms in total. The van der Waals surface area contributed by atoms with Crippen LogP contribution in [0.5, 0.6) is 17.2 Å². The van der Waals surface area contributed by atoms with Crippen molar-refractivity contribution in [3.05, 3.63) is 42.2 Å². The van der Waals surface area contributed by atoms with Crippen molar-refractivity contribution in [3.8, 4) is 28.4 Å². The van der Waals surface area contributed by atoms with Gasteiger partial charge < -0.3 is 19.5 Å². The fraction of sp³-hybridized carbons (Fsp3) is 0.348. The third-order valence-electron chi connectivity index (χ3n) is 5.22. The number of carbonyl (C=O) groups excluding carboxylic acids is 2. The number of nitrogens with zero attached hydrogens (tertiary/aromatic N) is 2. The van der Waals surface area contributed by atoms with E-state index in [1.54, 1.807) is 32.2 Å². The minimum atomic E-state index is -3.20. The van der Waals surface area contributed by atoms with E-state index in [2.05, 4.69) is 15.2 Å². The van der Waals surface area contributed by atoms with E-state index < -0.39 is 36.1 Å². The predicted molar refractivity (Wildman–Crippen MR) is 115 cm³/mol. The van der Waals surface area contributed by atoms with Gasteiger partial charge in [-0.3, -0.25) is 9.59 Å². The first kappa shape index (κ1) is 23.4. The van der Waals surface area contributed by atoms with Crippen LogP contribution in [-0.2, 0) is 4.79 Å². The average molecular weight is 477 g/mol. The largest absolute Gasteiger partial charge is 0.496 e. The quantitative estimate of drug-likeness (QED) is 0.472. The van der Waals surface area contributed by atoms with Crippen molar-refractivity contribution in [1.82, 2.24) is 14.9 Å². The number of methoxy groups -OCH3 is 1. The molecule has 0 spiro atoms. The van der Waals surface area contributed by atoms with Crippen LogP contribution in [0.2, 0.25) is 0 Å². The number of rotatable bonds is 9. The number of amides is 1. The summed E-state index contributed by atoms with van der Waals surface area (Å²) in [5, 5.41) is 6.72. The van der Waals surface area contributed by atoms with Crippen LogP contribution in [0.25, 0.3) is 16.6 Å². The van der Waals surface area contributed by atoms with Crippen molar-refractivity contribution in [3.63, 3.8) is 0 Å². The van der Waals surface area contributed by atoms with Crippen LogP contribution in [0.15, 0.2) is 36.7 Å². The summed E-state index contributed by atoms with van der Waals surface area (Å²) in [6.07, 6.45) is 2.75. The van der Waals surface area contributed by atoms with Crippen LogP contribution >= 0.6 is 0 Å². The van der Waals surface area contributed by atoms with Crippen LogP contribution in [0, 0.1) is 0 Å². The monoisotopic (exact) mass is 477 g/mol. The summed E-state index contributed by atoms with van der Waals surface area (Å²) in [7, 11) is 1.28. The second-order valence-electron chi connectivity index (χ2n) is 8.34. The van der Waals surface area contributed by atoms with Crippen molar-refractivity contribution >= 4 is 17.7 Å². The molecule has 1 aliphatic rings. The molecule has 1 N–H and O–H groups in total. The lowest BCUT2D eigenvalue weighted by atomic mass is 10.0. The lowest BCUT2D eigenvalue weighted by Crippen LogP contribution is -2.29. The molecule has 2 heterocycles. The van der Waals surface area contributed by atoms with Gasteiger partial charge in [0.1, 0.15) is 29.0 Å². The number of pyridine rings is 1. The first-order valence-corrected chi connectivity index (χ1v) is 10.4. The Morgan fingerprint density at radius 1 is 1.29 bits per heavy atom. The standard InChI is InChI=1S/C23H22F3N3O5/c1-23(2,11-30)34-13-4-5-17-14(9-27-29(17)10-13)12-6-18(32-3)20(19(7-12)33-22(25)26)21(31)28-16-8-15(16)24/h4-7,9-11,15-16,22H,8H2,1-3H3,(H,28,31)/t15-,16+/m0/s1. The second kappa shape index (κ2) is 8.88. The van der Waals surface area contributed by atoms with Crippen molar-refractivity contribution in [1.29, 1.82) is 0 Å². The van der Waals surface area contributed by atoms with Crippen LogP contribution in [-0.4, -0.2) is 53.3 Å². The number of alkyl halides is 3. The highest BCUT2D eigenvalue weighted by molar-refractivity contribution is 6.01. The Morgan fingerprint density at radius 3 is 2.62 bits per heavy atom. The van der Waals surface area contributed by atoms with Gasteiger partial charge in [-0.2, -0.15) is 13.9 Å². The Morgan fingerprint density at radius 2 is 2.00 bits per heavy atom. The number of fused-ring (bicyclic) bond motifs is 1. The average Bonchev–Trinajstić information content (AvgIpc) is 3.30. The lowest BCUT2D eigenvalue weighted by Gasteiger charge is -2.19. The van der Waals surface area contributed by atoms with Crippen LogP contribution in [0.4, 0.5) is 13.2 Å². The van der Waals surface area contributed by atoms with Crippen molar-refractivity contribution < 1.29 is 37.0 Å². The summed E-state index contributed by atoms with van der Waals surface area (Å²) < 4.78 is 56.6. The molecule has 0 saturated heterocycles. The van der Waals surface area contributed by atoms with Gasteiger partial charge in [0.15, 0.2) is 11.9 Å². The zero-order valence-corrected chi connectivity index (χ0v) is 18.6.